The van der Waals surface area contributed by atoms with Gasteiger partial charge in [0.25, 0.3) is 0 Å². The van der Waals surface area contributed by atoms with Crippen molar-refractivity contribution in [1.29, 1.82) is 0 Å². The molecule has 4 nitrogen and oxygen atoms in total. The number of hydrogen-bond acceptors (Lipinski definition) is 4. The molecule has 3 rings (SSSR count). The van der Waals surface area contributed by atoms with Crippen LogP contribution >= 0.6 is 15.9 Å². The lowest BCUT2D eigenvalue weighted by Crippen LogP contribution is -2.44. The standard InChI is InChI=1S/C10H19NO.C9H11BrO2/c1-2-4-10(5-3-1)11-6-8-12-9-7-11;1-11-6-7-12-9-4-2-8(10)3-5-9/h10H,1-9H2;2-5H,6-7H2,1H3. The van der Waals surface area contributed by atoms with Gasteiger partial charge in [-0.15, -0.1) is 0 Å². The van der Waals surface area contributed by atoms with E-state index in [4.69, 9.17) is 14.2 Å². The summed E-state index contributed by atoms with van der Waals surface area (Å²) in [7, 11) is 1.66. The Morgan fingerprint density at radius 1 is 1.04 bits per heavy atom. The molecular formula is C19H30BrNO3. The van der Waals surface area contributed by atoms with Crippen LogP contribution in [-0.4, -0.2) is 57.6 Å². The van der Waals surface area contributed by atoms with E-state index in [1.165, 1.54) is 45.2 Å². The van der Waals surface area contributed by atoms with Crippen LogP contribution in [0.3, 0.4) is 0 Å². The Morgan fingerprint density at radius 2 is 1.71 bits per heavy atom. The van der Waals surface area contributed by atoms with Gasteiger partial charge >= 0.3 is 0 Å². The topological polar surface area (TPSA) is 30.9 Å². The van der Waals surface area contributed by atoms with Gasteiger partial charge in [-0.3, -0.25) is 4.90 Å². The van der Waals surface area contributed by atoms with Crippen molar-refractivity contribution in [2.75, 3.05) is 46.6 Å². The molecule has 0 unspecified atom stereocenters. The summed E-state index contributed by atoms with van der Waals surface area (Å²) < 4.78 is 16.6. The molecule has 1 aromatic rings. The van der Waals surface area contributed by atoms with E-state index in [9.17, 15) is 0 Å². The van der Waals surface area contributed by atoms with E-state index >= 15 is 0 Å². The van der Waals surface area contributed by atoms with Gasteiger partial charge in [0.15, 0.2) is 0 Å². The molecule has 24 heavy (non-hydrogen) atoms. The SMILES string of the molecule is C1CCC(N2CCOCC2)CC1.COCCOc1ccc(Br)cc1. The van der Waals surface area contributed by atoms with Crippen molar-refractivity contribution in [2.45, 2.75) is 38.1 Å². The first-order valence-electron chi connectivity index (χ1n) is 8.98. The van der Waals surface area contributed by atoms with Gasteiger partial charge in [0.1, 0.15) is 12.4 Å². The minimum absolute atomic E-state index is 0.595. The molecule has 0 N–H and O–H groups in total. The van der Waals surface area contributed by atoms with Crippen LogP contribution in [0.15, 0.2) is 28.7 Å². The molecule has 1 saturated carbocycles. The van der Waals surface area contributed by atoms with E-state index in [1.54, 1.807) is 7.11 Å². The van der Waals surface area contributed by atoms with Crippen LogP contribution in [0.4, 0.5) is 0 Å². The molecule has 0 atom stereocenters. The van der Waals surface area contributed by atoms with Gasteiger partial charge in [-0.25, -0.2) is 0 Å². The predicted octanol–water partition coefficient (Wildman–Crippen LogP) is 4.13. The summed E-state index contributed by atoms with van der Waals surface area (Å²) in [4.78, 5) is 2.63. The maximum absolute atomic E-state index is 5.36. The second-order valence-corrected chi connectivity index (χ2v) is 7.15. The second kappa shape index (κ2) is 11.9. The van der Waals surface area contributed by atoms with Crippen LogP contribution in [0.25, 0.3) is 0 Å². The molecule has 0 radical (unpaired) electrons. The summed E-state index contributed by atoms with van der Waals surface area (Å²) in [5.74, 6) is 0.871. The second-order valence-electron chi connectivity index (χ2n) is 6.24. The largest absolute Gasteiger partial charge is 0.491 e. The molecule has 2 fully saturated rings. The maximum atomic E-state index is 5.36. The number of hydrogen-bond donors (Lipinski definition) is 0. The lowest BCUT2D eigenvalue weighted by atomic mass is 9.94. The van der Waals surface area contributed by atoms with Crippen molar-refractivity contribution in [3.8, 4) is 5.75 Å². The van der Waals surface area contributed by atoms with Gasteiger partial charge < -0.3 is 14.2 Å². The molecule has 5 heteroatoms. The number of ether oxygens (including phenoxy) is 3. The highest BCUT2D eigenvalue weighted by Crippen LogP contribution is 2.22. The number of benzene rings is 1. The summed E-state index contributed by atoms with van der Waals surface area (Å²) in [5, 5.41) is 0. The van der Waals surface area contributed by atoms with Crippen molar-refractivity contribution in [2.24, 2.45) is 0 Å². The van der Waals surface area contributed by atoms with Crippen molar-refractivity contribution in [1.82, 2.24) is 4.90 Å². The van der Waals surface area contributed by atoms with E-state index in [0.29, 0.717) is 13.2 Å². The van der Waals surface area contributed by atoms with Crippen LogP contribution in [0.5, 0.6) is 5.75 Å². The van der Waals surface area contributed by atoms with Crippen molar-refractivity contribution < 1.29 is 14.2 Å². The minimum Gasteiger partial charge on any atom is -0.491 e. The van der Waals surface area contributed by atoms with E-state index in [-0.39, 0.29) is 0 Å². The number of nitrogens with zero attached hydrogens (tertiary/aromatic N) is 1. The third-order valence-corrected chi connectivity index (χ3v) is 5.04. The van der Waals surface area contributed by atoms with Crippen LogP contribution in [0, 0.1) is 0 Å². The Balaban J connectivity index is 0.000000174. The molecule has 0 spiro atoms. The van der Waals surface area contributed by atoms with E-state index in [0.717, 1.165) is 29.5 Å². The van der Waals surface area contributed by atoms with Gasteiger partial charge in [0.05, 0.1) is 19.8 Å². The first kappa shape index (κ1) is 19.7. The lowest BCUT2D eigenvalue weighted by Gasteiger charge is -2.36. The van der Waals surface area contributed by atoms with Crippen LogP contribution in [0.1, 0.15) is 32.1 Å². The van der Waals surface area contributed by atoms with Gasteiger partial charge in [0.2, 0.25) is 0 Å². The number of methoxy groups -OCH3 is 1. The third-order valence-electron chi connectivity index (χ3n) is 4.51. The molecule has 0 amide bonds. The molecule has 0 bridgehead atoms. The summed E-state index contributed by atoms with van der Waals surface area (Å²) >= 11 is 3.35. The molecule has 1 aliphatic carbocycles. The Morgan fingerprint density at radius 3 is 2.33 bits per heavy atom. The summed E-state index contributed by atoms with van der Waals surface area (Å²) in [6, 6.07) is 8.62. The zero-order valence-corrected chi connectivity index (χ0v) is 16.3. The first-order valence-corrected chi connectivity index (χ1v) is 9.78. The third kappa shape index (κ3) is 7.51. The zero-order valence-electron chi connectivity index (χ0n) is 14.7. The van der Waals surface area contributed by atoms with Gasteiger partial charge in [0, 0.05) is 30.7 Å². The monoisotopic (exact) mass is 399 g/mol. The van der Waals surface area contributed by atoms with E-state index in [1.807, 2.05) is 24.3 Å². The maximum Gasteiger partial charge on any atom is 0.119 e. The summed E-state index contributed by atoms with van der Waals surface area (Å²) in [6.45, 7) is 5.47. The predicted molar refractivity (Wildman–Crippen MR) is 101 cm³/mol. The van der Waals surface area contributed by atoms with E-state index < -0.39 is 0 Å². The van der Waals surface area contributed by atoms with Crippen LogP contribution < -0.4 is 4.74 Å². The molecule has 1 aromatic carbocycles. The lowest BCUT2D eigenvalue weighted by molar-refractivity contribution is 0.00858. The number of halogens is 1. The highest BCUT2D eigenvalue weighted by Gasteiger charge is 2.22. The highest BCUT2D eigenvalue weighted by atomic mass is 79.9. The minimum atomic E-state index is 0.595. The van der Waals surface area contributed by atoms with Crippen molar-refractivity contribution >= 4 is 15.9 Å². The molecule has 1 aliphatic heterocycles. The first-order chi connectivity index (χ1) is 11.8. The van der Waals surface area contributed by atoms with Crippen LogP contribution in [-0.2, 0) is 9.47 Å². The Bertz CT molecular complexity index is 413. The zero-order chi connectivity index (χ0) is 17.0. The van der Waals surface area contributed by atoms with Crippen LogP contribution in [0.2, 0.25) is 0 Å². The molecule has 1 saturated heterocycles. The summed E-state index contributed by atoms with van der Waals surface area (Å²) in [5.41, 5.74) is 0. The van der Waals surface area contributed by atoms with Gasteiger partial charge in [-0.05, 0) is 37.1 Å². The Hall–Kier alpha value is -0.620. The molecule has 0 aromatic heterocycles. The van der Waals surface area contributed by atoms with Gasteiger partial charge in [-0.1, -0.05) is 35.2 Å². The van der Waals surface area contributed by atoms with Gasteiger partial charge in [-0.2, -0.15) is 0 Å². The fourth-order valence-electron chi connectivity index (χ4n) is 3.16. The Labute approximate surface area is 154 Å². The highest BCUT2D eigenvalue weighted by molar-refractivity contribution is 9.10. The quantitative estimate of drug-likeness (QED) is 0.696. The normalized spacial score (nSPS) is 19.4. The number of morpholine rings is 1. The fraction of sp³-hybridized carbons (Fsp3) is 0.684. The van der Waals surface area contributed by atoms with E-state index in [2.05, 4.69) is 20.8 Å². The Kier molecular flexibility index (Phi) is 9.73. The average molecular weight is 400 g/mol. The molecule has 136 valence electrons. The van der Waals surface area contributed by atoms with Crippen molar-refractivity contribution in [3.63, 3.8) is 0 Å². The summed E-state index contributed by atoms with van der Waals surface area (Å²) in [6.07, 6.45) is 7.21. The molecule has 2 aliphatic rings. The molecule has 1 heterocycles. The smallest absolute Gasteiger partial charge is 0.119 e. The average Bonchev–Trinajstić information content (AvgIpc) is 2.66. The fourth-order valence-corrected chi connectivity index (χ4v) is 3.43. The number of rotatable bonds is 5. The molecular weight excluding hydrogens is 370 g/mol. The van der Waals surface area contributed by atoms with Crippen molar-refractivity contribution in [3.05, 3.63) is 28.7 Å².